The molecule has 2 aromatic rings. The van der Waals surface area contributed by atoms with Gasteiger partial charge in [-0.15, -0.1) is 0 Å². The Bertz CT molecular complexity index is 590. The van der Waals surface area contributed by atoms with Crippen molar-refractivity contribution in [2.24, 2.45) is 0 Å². The van der Waals surface area contributed by atoms with Gasteiger partial charge in [0.25, 0.3) is 5.91 Å². The van der Waals surface area contributed by atoms with Crippen molar-refractivity contribution in [3.63, 3.8) is 0 Å². The summed E-state index contributed by atoms with van der Waals surface area (Å²) in [6, 6.07) is 11.5. The number of aliphatic hydroxyl groups is 1. The quantitative estimate of drug-likeness (QED) is 0.941. The van der Waals surface area contributed by atoms with Crippen molar-refractivity contribution in [1.29, 1.82) is 0 Å². The SMILES string of the molecule is O=C(c1ccc(-n2cccc2)cc1)N1CCCCC1CO. The zero-order valence-corrected chi connectivity index (χ0v) is 12.0. The molecular formula is C17H20N2O2. The lowest BCUT2D eigenvalue weighted by Gasteiger charge is -2.34. The van der Waals surface area contributed by atoms with Gasteiger partial charge in [-0.2, -0.15) is 0 Å². The number of carbonyl (C=O) groups is 1. The van der Waals surface area contributed by atoms with Gasteiger partial charge in [-0.3, -0.25) is 4.79 Å². The minimum Gasteiger partial charge on any atom is -0.394 e. The highest BCUT2D eigenvalue weighted by molar-refractivity contribution is 5.94. The van der Waals surface area contributed by atoms with Crippen LogP contribution in [0.5, 0.6) is 0 Å². The molecule has 1 fully saturated rings. The summed E-state index contributed by atoms with van der Waals surface area (Å²) in [7, 11) is 0. The number of aromatic nitrogens is 1. The zero-order chi connectivity index (χ0) is 14.7. The number of benzene rings is 1. The fourth-order valence-electron chi connectivity index (χ4n) is 2.91. The highest BCUT2D eigenvalue weighted by Gasteiger charge is 2.26. The Morgan fingerprint density at radius 1 is 1.14 bits per heavy atom. The Kier molecular flexibility index (Phi) is 4.06. The van der Waals surface area contributed by atoms with E-state index in [1.54, 1.807) is 0 Å². The molecule has 1 atom stereocenters. The topological polar surface area (TPSA) is 45.5 Å². The maximum Gasteiger partial charge on any atom is 0.254 e. The molecule has 0 saturated carbocycles. The first-order chi connectivity index (χ1) is 10.3. The maximum atomic E-state index is 12.6. The molecular weight excluding hydrogens is 264 g/mol. The largest absolute Gasteiger partial charge is 0.394 e. The summed E-state index contributed by atoms with van der Waals surface area (Å²) in [5.74, 6) is 0.0211. The Labute approximate surface area is 124 Å². The maximum absolute atomic E-state index is 12.6. The van der Waals surface area contributed by atoms with Gasteiger partial charge in [0, 0.05) is 30.2 Å². The van der Waals surface area contributed by atoms with E-state index in [9.17, 15) is 9.90 Å². The molecule has 4 heteroatoms. The van der Waals surface area contributed by atoms with Gasteiger partial charge < -0.3 is 14.6 Å². The second-order valence-electron chi connectivity index (χ2n) is 5.47. The number of hydrogen-bond donors (Lipinski definition) is 1. The van der Waals surface area contributed by atoms with Crippen LogP contribution < -0.4 is 0 Å². The monoisotopic (exact) mass is 284 g/mol. The van der Waals surface area contributed by atoms with Crippen molar-refractivity contribution in [3.05, 3.63) is 54.4 Å². The van der Waals surface area contributed by atoms with Crippen LogP contribution in [0.15, 0.2) is 48.8 Å². The number of carbonyl (C=O) groups excluding carboxylic acids is 1. The van der Waals surface area contributed by atoms with Crippen LogP contribution in [0.3, 0.4) is 0 Å². The lowest BCUT2D eigenvalue weighted by atomic mass is 10.0. The van der Waals surface area contributed by atoms with Crippen LogP contribution in [-0.4, -0.2) is 39.7 Å². The van der Waals surface area contributed by atoms with E-state index in [4.69, 9.17) is 0 Å². The number of hydrogen-bond acceptors (Lipinski definition) is 2. The Balaban J connectivity index is 1.78. The lowest BCUT2D eigenvalue weighted by Crippen LogP contribution is -2.45. The molecule has 0 bridgehead atoms. The molecule has 1 aliphatic heterocycles. The van der Waals surface area contributed by atoms with Crippen molar-refractivity contribution in [3.8, 4) is 5.69 Å². The average Bonchev–Trinajstić information content (AvgIpc) is 3.09. The predicted octanol–water partition coefficient (Wildman–Crippen LogP) is 2.46. The van der Waals surface area contributed by atoms with E-state index >= 15 is 0 Å². The summed E-state index contributed by atoms with van der Waals surface area (Å²) in [6.07, 6.45) is 6.95. The average molecular weight is 284 g/mol. The Hall–Kier alpha value is -2.07. The summed E-state index contributed by atoms with van der Waals surface area (Å²) >= 11 is 0. The third-order valence-electron chi connectivity index (χ3n) is 4.12. The van der Waals surface area contributed by atoms with E-state index in [2.05, 4.69) is 0 Å². The normalized spacial score (nSPS) is 18.7. The van der Waals surface area contributed by atoms with Crippen molar-refractivity contribution >= 4 is 5.91 Å². The summed E-state index contributed by atoms with van der Waals surface area (Å²) in [5.41, 5.74) is 1.72. The fourth-order valence-corrected chi connectivity index (χ4v) is 2.91. The van der Waals surface area contributed by atoms with Crippen LogP contribution in [0.4, 0.5) is 0 Å². The van der Waals surface area contributed by atoms with Crippen LogP contribution in [0.1, 0.15) is 29.6 Å². The summed E-state index contributed by atoms with van der Waals surface area (Å²) in [5, 5.41) is 9.43. The van der Waals surface area contributed by atoms with Crippen LogP contribution in [-0.2, 0) is 0 Å². The molecule has 4 nitrogen and oxygen atoms in total. The number of aliphatic hydroxyl groups excluding tert-OH is 1. The third kappa shape index (κ3) is 2.85. The Morgan fingerprint density at radius 3 is 2.52 bits per heavy atom. The van der Waals surface area contributed by atoms with Gasteiger partial charge in [0.15, 0.2) is 0 Å². The van der Waals surface area contributed by atoms with Gasteiger partial charge in [0.1, 0.15) is 0 Å². The number of amides is 1. The second-order valence-corrected chi connectivity index (χ2v) is 5.47. The summed E-state index contributed by atoms with van der Waals surface area (Å²) in [6.45, 7) is 0.788. The van der Waals surface area contributed by atoms with Gasteiger partial charge in [-0.25, -0.2) is 0 Å². The van der Waals surface area contributed by atoms with Crippen molar-refractivity contribution in [1.82, 2.24) is 9.47 Å². The smallest absolute Gasteiger partial charge is 0.254 e. The molecule has 3 rings (SSSR count). The van der Waals surface area contributed by atoms with E-state index in [1.807, 2.05) is 58.3 Å². The highest BCUT2D eigenvalue weighted by Crippen LogP contribution is 2.20. The van der Waals surface area contributed by atoms with Crippen molar-refractivity contribution in [2.45, 2.75) is 25.3 Å². The summed E-state index contributed by atoms with van der Waals surface area (Å²) < 4.78 is 2.01. The molecule has 1 aromatic carbocycles. The highest BCUT2D eigenvalue weighted by atomic mass is 16.3. The van der Waals surface area contributed by atoms with E-state index in [1.165, 1.54) is 0 Å². The summed E-state index contributed by atoms with van der Waals surface area (Å²) in [4.78, 5) is 14.4. The molecule has 1 aliphatic rings. The molecule has 1 saturated heterocycles. The minimum atomic E-state index is -0.0321. The second kappa shape index (κ2) is 6.14. The molecule has 1 amide bonds. The number of rotatable bonds is 3. The van der Waals surface area contributed by atoms with Crippen LogP contribution in [0.25, 0.3) is 5.69 Å². The van der Waals surface area contributed by atoms with Crippen molar-refractivity contribution in [2.75, 3.05) is 13.2 Å². The molecule has 0 radical (unpaired) electrons. The van der Waals surface area contributed by atoms with E-state index in [0.717, 1.165) is 31.5 Å². The van der Waals surface area contributed by atoms with Crippen molar-refractivity contribution < 1.29 is 9.90 Å². The van der Waals surface area contributed by atoms with Crippen LogP contribution in [0, 0.1) is 0 Å². The standard InChI is InChI=1S/C17H20N2O2/c20-13-16-5-1-2-12-19(16)17(21)14-6-8-15(9-7-14)18-10-3-4-11-18/h3-4,6-11,16,20H,1-2,5,12-13H2. The van der Waals surface area contributed by atoms with Crippen LogP contribution in [0.2, 0.25) is 0 Å². The Morgan fingerprint density at radius 2 is 1.86 bits per heavy atom. The third-order valence-corrected chi connectivity index (χ3v) is 4.12. The first-order valence-electron chi connectivity index (χ1n) is 7.45. The molecule has 110 valence electrons. The predicted molar refractivity (Wildman–Crippen MR) is 81.5 cm³/mol. The van der Waals surface area contributed by atoms with E-state index in [0.29, 0.717) is 5.56 Å². The van der Waals surface area contributed by atoms with Crippen LogP contribution >= 0.6 is 0 Å². The van der Waals surface area contributed by atoms with Gasteiger partial charge in [-0.05, 0) is 55.7 Å². The zero-order valence-electron chi connectivity index (χ0n) is 12.0. The van der Waals surface area contributed by atoms with Gasteiger partial charge in [0.2, 0.25) is 0 Å². The molecule has 1 aromatic heterocycles. The molecule has 2 heterocycles. The first-order valence-corrected chi connectivity index (χ1v) is 7.45. The van der Waals surface area contributed by atoms with E-state index < -0.39 is 0 Å². The number of piperidine rings is 1. The number of nitrogens with zero attached hydrogens (tertiary/aromatic N) is 2. The van der Waals surface area contributed by atoms with Gasteiger partial charge in [0.05, 0.1) is 12.6 Å². The molecule has 21 heavy (non-hydrogen) atoms. The lowest BCUT2D eigenvalue weighted by molar-refractivity contribution is 0.0503. The first kappa shape index (κ1) is 13.9. The van der Waals surface area contributed by atoms with E-state index in [-0.39, 0.29) is 18.6 Å². The minimum absolute atomic E-state index is 0.0211. The molecule has 0 aliphatic carbocycles. The number of likely N-dealkylation sites (tertiary alicyclic amines) is 1. The fraction of sp³-hybridized carbons (Fsp3) is 0.353. The molecule has 1 unspecified atom stereocenters. The van der Waals surface area contributed by atoms with Gasteiger partial charge in [-0.1, -0.05) is 0 Å². The molecule has 1 N–H and O–H groups in total. The van der Waals surface area contributed by atoms with Gasteiger partial charge >= 0.3 is 0 Å². The molecule has 0 spiro atoms.